The molecule has 7 heteroatoms. The fraction of sp³-hybridized carbons (Fsp3) is 0. The summed E-state index contributed by atoms with van der Waals surface area (Å²) in [7, 11) is 0. The molecular weight excluding hydrogens is 705 g/mol. The minimum absolute atomic E-state index is 0.648. The Morgan fingerprint density at radius 2 is 0.981 bits per heavy atom. The molecule has 53 heavy (non-hydrogen) atoms. The molecule has 11 rings (SSSR count). The van der Waals surface area contributed by atoms with Crippen LogP contribution in [0.5, 0.6) is 0 Å². The third kappa shape index (κ3) is 5.16. The van der Waals surface area contributed by atoms with Crippen LogP contribution in [0.2, 0.25) is 0 Å². The second-order valence-electron chi connectivity index (χ2n) is 13.0. The van der Waals surface area contributed by atoms with Crippen molar-refractivity contribution >= 4 is 84.6 Å². The quantitative estimate of drug-likeness (QED) is 0.177. The molecule has 0 fully saturated rings. The van der Waals surface area contributed by atoms with Gasteiger partial charge < -0.3 is 0 Å². The Labute approximate surface area is 316 Å². The van der Waals surface area contributed by atoms with Crippen LogP contribution in [0.1, 0.15) is 0 Å². The molecule has 4 nitrogen and oxygen atoms in total. The third-order valence-corrected chi connectivity index (χ3v) is 13.2. The summed E-state index contributed by atoms with van der Waals surface area (Å²) in [4.78, 5) is 20.3. The van der Waals surface area contributed by atoms with Crippen molar-refractivity contribution in [3.05, 3.63) is 158 Å². The summed E-state index contributed by atoms with van der Waals surface area (Å²) in [5, 5.41) is 5.98. The van der Waals surface area contributed by atoms with Gasteiger partial charge in [0.25, 0.3) is 0 Å². The van der Waals surface area contributed by atoms with Gasteiger partial charge in [0.1, 0.15) is 5.01 Å². The number of thiazole rings is 1. The van der Waals surface area contributed by atoms with E-state index in [9.17, 15) is 0 Å². The van der Waals surface area contributed by atoms with Gasteiger partial charge in [-0.05, 0) is 41.5 Å². The fourth-order valence-electron chi connectivity index (χ4n) is 7.26. The van der Waals surface area contributed by atoms with E-state index < -0.39 is 0 Å². The lowest BCUT2D eigenvalue weighted by Crippen LogP contribution is -2.00. The van der Waals surface area contributed by atoms with Crippen LogP contribution in [0.3, 0.4) is 0 Å². The smallest absolute Gasteiger partial charge is 0.164 e. The Balaban J connectivity index is 1.04. The number of aromatic nitrogens is 4. The van der Waals surface area contributed by atoms with Crippen molar-refractivity contribution in [1.29, 1.82) is 0 Å². The monoisotopic (exact) mass is 730 g/mol. The van der Waals surface area contributed by atoms with Gasteiger partial charge in [-0.25, -0.2) is 19.9 Å². The van der Waals surface area contributed by atoms with Crippen molar-refractivity contribution in [2.45, 2.75) is 0 Å². The van der Waals surface area contributed by atoms with Gasteiger partial charge in [-0.15, -0.1) is 34.0 Å². The van der Waals surface area contributed by atoms with Crippen molar-refractivity contribution in [1.82, 2.24) is 19.9 Å². The van der Waals surface area contributed by atoms with Crippen molar-refractivity contribution in [3.8, 4) is 55.9 Å². The van der Waals surface area contributed by atoms with Crippen molar-refractivity contribution in [3.63, 3.8) is 0 Å². The molecule has 0 aliphatic heterocycles. The topological polar surface area (TPSA) is 51.6 Å². The van der Waals surface area contributed by atoms with Crippen molar-refractivity contribution in [2.24, 2.45) is 0 Å². The van der Waals surface area contributed by atoms with Crippen LogP contribution in [-0.2, 0) is 0 Å². The van der Waals surface area contributed by atoms with Gasteiger partial charge in [0, 0.05) is 62.6 Å². The van der Waals surface area contributed by atoms with Crippen LogP contribution in [0.15, 0.2) is 158 Å². The molecule has 0 aliphatic rings. The summed E-state index contributed by atoms with van der Waals surface area (Å²) in [5.74, 6) is 1.96. The lowest BCUT2D eigenvalue weighted by molar-refractivity contribution is 1.08. The summed E-state index contributed by atoms with van der Waals surface area (Å²) in [5.41, 5.74) is 7.47. The largest absolute Gasteiger partial charge is 0.236 e. The number of hydrogen-bond acceptors (Lipinski definition) is 7. The molecule has 11 aromatic rings. The van der Waals surface area contributed by atoms with E-state index in [0.717, 1.165) is 38.2 Å². The molecule has 0 N–H and O–H groups in total. The predicted molar refractivity (Wildman–Crippen MR) is 226 cm³/mol. The number of rotatable bonds is 5. The molecule has 0 bridgehead atoms. The molecular formula is C46H26N4S3. The molecule has 0 spiro atoms. The lowest BCUT2D eigenvalue weighted by atomic mass is 10.0. The zero-order valence-electron chi connectivity index (χ0n) is 28.0. The number of benzene rings is 7. The zero-order chi connectivity index (χ0) is 34.9. The van der Waals surface area contributed by atoms with E-state index in [-0.39, 0.29) is 0 Å². The van der Waals surface area contributed by atoms with Crippen LogP contribution in [0, 0.1) is 0 Å². The lowest BCUT2D eigenvalue weighted by Gasteiger charge is -2.10. The van der Waals surface area contributed by atoms with Crippen molar-refractivity contribution in [2.75, 3.05) is 0 Å². The maximum absolute atomic E-state index is 5.18. The average Bonchev–Trinajstić information content (AvgIpc) is 3.94. The zero-order valence-corrected chi connectivity index (χ0v) is 30.5. The van der Waals surface area contributed by atoms with Crippen LogP contribution < -0.4 is 0 Å². The second-order valence-corrected chi connectivity index (χ2v) is 16.2. The molecule has 0 unspecified atom stereocenters. The molecule has 248 valence electrons. The first-order valence-electron chi connectivity index (χ1n) is 17.4. The number of para-hydroxylation sites is 1. The molecule has 4 heterocycles. The van der Waals surface area contributed by atoms with Crippen LogP contribution in [-0.4, -0.2) is 19.9 Å². The van der Waals surface area contributed by atoms with E-state index >= 15 is 0 Å². The standard InChI is InChI=1S/C46H26N4S3/c1-2-10-28(11-3-1)43-48-44(29-22-20-27(21-23-29)31-13-8-14-33-32-12-4-6-17-37(32)52-42(31)33)50-45(49-43)35-15-9-19-39-41(35)34-25-24-30(26-40(34)51-39)46-47-36-16-5-7-18-38(36)53-46/h1-26H. The van der Waals surface area contributed by atoms with Gasteiger partial charge >= 0.3 is 0 Å². The highest BCUT2D eigenvalue weighted by atomic mass is 32.1. The van der Waals surface area contributed by atoms with Gasteiger partial charge in [0.05, 0.1) is 10.2 Å². The highest BCUT2D eigenvalue weighted by Crippen LogP contribution is 2.43. The van der Waals surface area contributed by atoms with Crippen molar-refractivity contribution < 1.29 is 0 Å². The number of nitrogens with zero attached hydrogens (tertiary/aromatic N) is 4. The molecule has 0 saturated carbocycles. The molecule has 0 aliphatic carbocycles. The molecule has 0 saturated heterocycles. The van der Waals surface area contributed by atoms with Gasteiger partial charge in [0.15, 0.2) is 17.5 Å². The predicted octanol–water partition coefficient (Wildman–Crippen LogP) is 13.6. The van der Waals surface area contributed by atoms with E-state index in [2.05, 4.69) is 133 Å². The Morgan fingerprint density at radius 1 is 0.340 bits per heavy atom. The third-order valence-electron chi connectivity index (χ3n) is 9.80. The van der Waals surface area contributed by atoms with Gasteiger partial charge in [0.2, 0.25) is 0 Å². The van der Waals surface area contributed by atoms with Crippen LogP contribution in [0.4, 0.5) is 0 Å². The summed E-state index contributed by atoms with van der Waals surface area (Å²) in [6.45, 7) is 0. The first-order chi connectivity index (χ1) is 26.2. The molecule has 0 atom stereocenters. The van der Waals surface area contributed by atoms with E-state index in [1.165, 1.54) is 50.8 Å². The van der Waals surface area contributed by atoms with E-state index in [1.54, 1.807) is 22.7 Å². The minimum atomic E-state index is 0.648. The van der Waals surface area contributed by atoms with E-state index in [0.29, 0.717) is 17.5 Å². The highest BCUT2D eigenvalue weighted by molar-refractivity contribution is 7.26. The Bertz CT molecular complexity index is 3140. The normalized spacial score (nSPS) is 11.8. The molecule has 0 radical (unpaired) electrons. The first kappa shape index (κ1) is 30.5. The van der Waals surface area contributed by atoms with Crippen LogP contribution >= 0.6 is 34.0 Å². The second kappa shape index (κ2) is 12.2. The first-order valence-corrected chi connectivity index (χ1v) is 19.8. The Morgan fingerprint density at radius 3 is 1.83 bits per heavy atom. The SMILES string of the molecule is c1ccc(-c2nc(-c3ccc(-c4cccc5c4sc4ccccc45)cc3)nc(-c3cccc4sc5cc(-c6nc7ccccc7s6)ccc5c34)n2)cc1. The highest BCUT2D eigenvalue weighted by Gasteiger charge is 2.18. The van der Waals surface area contributed by atoms with Gasteiger partial charge in [-0.3, -0.25) is 0 Å². The summed E-state index contributed by atoms with van der Waals surface area (Å²) < 4.78 is 6.22. The number of fused-ring (bicyclic) bond motifs is 7. The summed E-state index contributed by atoms with van der Waals surface area (Å²) in [6, 6.07) is 55.5. The minimum Gasteiger partial charge on any atom is -0.236 e. The Kier molecular flexibility index (Phi) is 7.05. The van der Waals surface area contributed by atoms with E-state index in [4.69, 9.17) is 19.9 Å². The summed E-state index contributed by atoms with van der Waals surface area (Å²) in [6.07, 6.45) is 0. The molecule has 4 aromatic heterocycles. The molecule has 7 aromatic carbocycles. The van der Waals surface area contributed by atoms with Gasteiger partial charge in [-0.1, -0.05) is 127 Å². The van der Waals surface area contributed by atoms with E-state index in [1.807, 2.05) is 35.6 Å². The Hall–Kier alpha value is -6.12. The number of hydrogen-bond donors (Lipinski definition) is 0. The fourth-order valence-corrected chi connectivity index (χ4v) is 10.6. The molecule has 0 amide bonds. The number of thiophene rings is 2. The average molecular weight is 731 g/mol. The maximum Gasteiger partial charge on any atom is 0.164 e. The van der Waals surface area contributed by atoms with Crippen LogP contribution in [0.25, 0.3) is 106 Å². The van der Waals surface area contributed by atoms with Gasteiger partial charge in [-0.2, -0.15) is 0 Å². The summed E-state index contributed by atoms with van der Waals surface area (Å²) >= 11 is 5.38. The maximum atomic E-state index is 5.18.